The number of hydrogen-bond acceptors (Lipinski definition) is 8. The second-order valence-electron chi connectivity index (χ2n) is 15.4. The molecule has 1 heterocycles. The van der Waals surface area contributed by atoms with E-state index in [0.29, 0.717) is 31.2 Å². The minimum atomic E-state index is -1.22. The lowest BCUT2D eigenvalue weighted by molar-refractivity contribution is -0.149. The molecular weight excluding hydrogens is 741 g/mol. The smallest absolute Gasteiger partial charge is 0.408 e. The molecule has 1 aliphatic heterocycles. The fourth-order valence-corrected chi connectivity index (χ4v) is 6.88. The molecule has 13 heteroatoms. The maximum absolute atomic E-state index is 14.4. The van der Waals surface area contributed by atoms with Gasteiger partial charge in [0.25, 0.3) is 0 Å². The number of unbranched alkanes of at least 4 members (excludes halogenated alkanes) is 1. The second kappa shape index (κ2) is 20.3. The summed E-state index contributed by atoms with van der Waals surface area (Å²) in [7, 11) is 0. The topological polar surface area (TPSA) is 180 Å². The first kappa shape index (κ1) is 42.9. The highest BCUT2D eigenvalue weighted by molar-refractivity contribution is 5.95. The summed E-state index contributed by atoms with van der Waals surface area (Å²) >= 11 is 0. The highest BCUT2D eigenvalue weighted by Crippen LogP contribution is 2.21. The summed E-state index contributed by atoms with van der Waals surface area (Å²) in [5, 5.41) is 20.1. The summed E-state index contributed by atoms with van der Waals surface area (Å²) in [6, 6.07) is 26.5. The van der Waals surface area contributed by atoms with Gasteiger partial charge in [0.15, 0.2) is 0 Å². The number of benzene rings is 4. The lowest BCUT2D eigenvalue weighted by atomic mass is 9.99. The zero-order valence-corrected chi connectivity index (χ0v) is 33.1. The van der Waals surface area contributed by atoms with Gasteiger partial charge in [-0.2, -0.15) is 0 Å². The molecule has 4 atom stereocenters. The van der Waals surface area contributed by atoms with E-state index in [1.54, 1.807) is 51.1 Å². The van der Waals surface area contributed by atoms with Crippen LogP contribution >= 0.6 is 0 Å². The van der Waals surface area contributed by atoms with Gasteiger partial charge in [-0.1, -0.05) is 91.0 Å². The number of nitrogens with one attached hydrogen (secondary N) is 3. The molecule has 13 nitrogen and oxygen atoms in total. The van der Waals surface area contributed by atoms with Crippen LogP contribution in [0.3, 0.4) is 0 Å². The number of amides is 4. The number of ether oxygens (including phenoxy) is 2. The number of hydrogen-bond donors (Lipinski definition) is 4. The van der Waals surface area contributed by atoms with Gasteiger partial charge in [0.2, 0.25) is 17.7 Å². The summed E-state index contributed by atoms with van der Waals surface area (Å²) in [5.74, 6) is -3.45. The Bertz CT molecular complexity index is 2050. The van der Waals surface area contributed by atoms with Crippen molar-refractivity contribution in [3.05, 3.63) is 120 Å². The molecule has 1 fully saturated rings. The molecule has 0 unspecified atom stereocenters. The van der Waals surface area contributed by atoms with Gasteiger partial charge in [0, 0.05) is 19.4 Å². The third-order valence-electron chi connectivity index (χ3n) is 9.74. The van der Waals surface area contributed by atoms with Gasteiger partial charge >= 0.3 is 18.0 Å². The zero-order valence-electron chi connectivity index (χ0n) is 33.1. The molecule has 0 bridgehead atoms. The van der Waals surface area contributed by atoms with Crippen LogP contribution in [0.15, 0.2) is 103 Å². The normalized spacial score (nSPS) is 15.4. The van der Waals surface area contributed by atoms with E-state index in [9.17, 15) is 33.9 Å². The Morgan fingerprint density at radius 1 is 0.724 bits per heavy atom. The van der Waals surface area contributed by atoms with Gasteiger partial charge in [0.05, 0.1) is 12.2 Å². The first-order chi connectivity index (χ1) is 27.8. The average Bonchev–Trinajstić information content (AvgIpc) is 3.70. The monoisotopic (exact) mass is 792 g/mol. The van der Waals surface area contributed by atoms with Crippen LogP contribution in [0.4, 0.5) is 4.79 Å². The Kier molecular flexibility index (Phi) is 15.0. The van der Waals surface area contributed by atoms with Gasteiger partial charge in [-0.05, 0) is 86.9 Å². The first-order valence-corrected chi connectivity index (χ1v) is 19.6. The molecule has 5 rings (SSSR count). The molecule has 0 spiro atoms. The van der Waals surface area contributed by atoms with Gasteiger partial charge in [0.1, 0.15) is 29.8 Å². The number of carboxylic acid groups (broad SMARTS) is 1. The summed E-state index contributed by atoms with van der Waals surface area (Å²) in [5.41, 5.74) is 1.03. The highest BCUT2D eigenvalue weighted by atomic mass is 16.6. The fraction of sp³-hybridized carbons (Fsp3) is 0.378. The average molecular weight is 793 g/mol. The molecule has 0 radical (unpaired) electrons. The minimum absolute atomic E-state index is 0.0325. The molecule has 1 saturated heterocycles. The molecule has 4 N–H and O–H groups in total. The first-order valence-electron chi connectivity index (χ1n) is 19.6. The minimum Gasteiger partial charge on any atom is -0.480 e. The van der Waals surface area contributed by atoms with Crippen molar-refractivity contribution in [3.63, 3.8) is 0 Å². The van der Waals surface area contributed by atoms with Gasteiger partial charge in [-0.25, -0.2) is 14.4 Å². The van der Waals surface area contributed by atoms with Crippen molar-refractivity contribution in [1.82, 2.24) is 20.9 Å². The van der Waals surface area contributed by atoms with Crippen molar-refractivity contribution in [2.45, 2.75) is 95.5 Å². The molecule has 0 aromatic heterocycles. The van der Waals surface area contributed by atoms with Gasteiger partial charge in [-0.3, -0.25) is 14.4 Å². The number of alkyl carbamates (subject to hydrolysis) is 1. The van der Waals surface area contributed by atoms with Crippen LogP contribution in [0.5, 0.6) is 0 Å². The van der Waals surface area contributed by atoms with Crippen molar-refractivity contribution in [1.29, 1.82) is 0 Å². The predicted octanol–water partition coefficient (Wildman–Crippen LogP) is 5.59. The van der Waals surface area contributed by atoms with E-state index in [-0.39, 0.29) is 32.4 Å². The third-order valence-corrected chi connectivity index (χ3v) is 9.74. The summed E-state index contributed by atoms with van der Waals surface area (Å²) in [6.07, 6.45) is 0.978. The van der Waals surface area contributed by atoms with Crippen molar-refractivity contribution in [2.75, 3.05) is 13.2 Å². The Balaban J connectivity index is 1.37. The number of esters is 1. The van der Waals surface area contributed by atoms with Gasteiger partial charge in [-0.15, -0.1) is 0 Å². The van der Waals surface area contributed by atoms with Crippen LogP contribution in [0, 0.1) is 0 Å². The molecule has 1 aliphatic rings. The van der Waals surface area contributed by atoms with E-state index in [2.05, 4.69) is 16.0 Å². The van der Waals surface area contributed by atoms with Crippen molar-refractivity contribution < 1.29 is 43.3 Å². The zero-order chi connectivity index (χ0) is 41.7. The van der Waals surface area contributed by atoms with E-state index < -0.39 is 65.5 Å². The maximum atomic E-state index is 14.4. The molecule has 4 aromatic rings. The molecule has 4 amide bonds. The van der Waals surface area contributed by atoms with E-state index in [4.69, 9.17) is 9.47 Å². The molecule has 4 aromatic carbocycles. The number of likely N-dealkylation sites (tertiary alicyclic amines) is 1. The number of aliphatic carboxylic acids is 1. The van der Waals surface area contributed by atoms with Crippen molar-refractivity contribution in [3.8, 4) is 0 Å². The van der Waals surface area contributed by atoms with Crippen molar-refractivity contribution >= 4 is 46.5 Å². The number of carboxylic acids is 1. The fourth-order valence-electron chi connectivity index (χ4n) is 6.88. The van der Waals surface area contributed by atoms with Crippen LogP contribution < -0.4 is 16.0 Å². The standard InChI is InChI=1S/C45H52N4O9/c1-45(2,3)58-44(56)48-35(21-12-13-26-57-43(55)33-18-8-5-9-19-33)39(50)46-36(29-31-23-24-32-17-10-11-20-34(32)27-31)40(51)47-37(28-30-15-6-4-7-16-30)41(52)49-25-14-22-38(49)42(53)54/h4-11,15-20,23-24,27,35-38H,12-14,21-22,25-26,28-29H2,1-3H3,(H,46,50)(H,47,51)(H,48,56)(H,53,54)/t35-,36-,37-,38+/m0/s1. The molecule has 0 saturated carbocycles. The predicted molar refractivity (Wildman–Crippen MR) is 218 cm³/mol. The SMILES string of the molecule is CC(C)(C)OC(=O)N[C@@H](CCCCOC(=O)c1ccccc1)C(=O)N[C@@H](Cc1ccc2ccccc2c1)C(=O)N[C@@H](Cc1ccccc1)C(=O)N1CCC[C@@H]1C(=O)O. The van der Waals surface area contributed by atoms with Crippen LogP contribution in [-0.4, -0.2) is 88.7 Å². The molecule has 0 aliphatic carbocycles. The number of fused-ring (bicyclic) bond motifs is 1. The lowest BCUT2D eigenvalue weighted by Gasteiger charge is -2.29. The Morgan fingerprint density at radius 3 is 2.03 bits per heavy atom. The van der Waals surface area contributed by atoms with Crippen molar-refractivity contribution in [2.24, 2.45) is 0 Å². The largest absolute Gasteiger partial charge is 0.480 e. The van der Waals surface area contributed by atoms with Crippen LogP contribution in [-0.2, 0) is 41.5 Å². The molecular formula is C45H52N4O9. The second-order valence-corrected chi connectivity index (χ2v) is 15.4. The Labute approximate surface area is 338 Å². The summed E-state index contributed by atoms with van der Waals surface area (Å²) in [6.45, 7) is 5.40. The lowest BCUT2D eigenvalue weighted by Crippen LogP contribution is -2.58. The number of rotatable bonds is 17. The third kappa shape index (κ3) is 12.6. The summed E-state index contributed by atoms with van der Waals surface area (Å²) < 4.78 is 10.9. The summed E-state index contributed by atoms with van der Waals surface area (Å²) in [4.78, 5) is 81.4. The highest BCUT2D eigenvalue weighted by Gasteiger charge is 2.39. The van der Waals surface area contributed by atoms with Gasteiger partial charge < -0.3 is 35.4 Å². The van der Waals surface area contributed by atoms with E-state index in [1.807, 2.05) is 72.8 Å². The van der Waals surface area contributed by atoms with Crippen LogP contribution in [0.1, 0.15) is 74.4 Å². The number of carbonyl (C=O) groups is 6. The number of carbonyl (C=O) groups excluding carboxylic acids is 5. The number of nitrogens with zero attached hydrogens (tertiary/aromatic N) is 1. The van der Waals surface area contributed by atoms with Crippen LogP contribution in [0.2, 0.25) is 0 Å². The molecule has 306 valence electrons. The van der Waals surface area contributed by atoms with Crippen LogP contribution in [0.25, 0.3) is 10.8 Å². The quantitative estimate of drug-likeness (QED) is 0.0783. The van der Waals surface area contributed by atoms with E-state index in [0.717, 1.165) is 21.9 Å². The molecule has 58 heavy (non-hydrogen) atoms. The maximum Gasteiger partial charge on any atom is 0.408 e. The Morgan fingerprint density at radius 2 is 1.34 bits per heavy atom. The van der Waals surface area contributed by atoms with E-state index in [1.165, 1.54) is 4.90 Å². The Hall–Kier alpha value is -6.24. The van der Waals surface area contributed by atoms with E-state index >= 15 is 0 Å².